The highest BCUT2D eigenvalue weighted by molar-refractivity contribution is 7.89. The van der Waals surface area contributed by atoms with E-state index in [0.717, 1.165) is 17.7 Å². The summed E-state index contributed by atoms with van der Waals surface area (Å²) in [5, 5.41) is 21.3. The number of nitro groups is 2. The van der Waals surface area contributed by atoms with E-state index in [1.807, 2.05) is 0 Å². The summed E-state index contributed by atoms with van der Waals surface area (Å²) >= 11 is 0. The quantitative estimate of drug-likeness (QED) is 0.434. The highest BCUT2D eigenvalue weighted by atomic mass is 32.2. The van der Waals surface area contributed by atoms with Crippen LogP contribution in [0.3, 0.4) is 0 Å². The van der Waals surface area contributed by atoms with Crippen LogP contribution in [-0.4, -0.2) is 44.3 Å². The van der Waals surface area contributed by atoms with Crippen molar-refractivity contribution in [3.8, 4) is 0 Å². The lowest BCUT2D eigenvalue weighted by Gasteiger charge is -2.15. The molecule has 0 amide bonds. The molecule has 2 rings (SSSR count). The number of nitrogens with zero attached hydrogens (tertiary/aromatic N) is 3. The molecule has 14 heteroatoms. The van der Waals surface area contributed by atoms with Gasteiger partial charge in [-0.1, -0.05) is 23.8 Å². The molecule has 30 heavy (non-hydrogen) atoms. The minimum atomic E-state index is -4.92. The second kappa shape index (κ2) is 8.73. The van der Waals surface area contributed by atoms with Crippen LogP contribution in [0, 0.1) is 34.1 Å². The third-order valence-electron chi connectivity index (χ3n) is 3.98. The van der Waals surface area contributed by atoms with E-state index in [-0.39, 0.29) is 9.31 Å². The van der Waals surface area contributed by atoms with Crippen molar-refractivity contribution in [1.29, 1.82) is 0 Å². The van der Waals surface area contributed by atoms with Crippen LogP contribution in [0.5, 0.6) is 0 Å². The van der Waals surface area contributed by atoms with Crippen molar-refractivity contribution in [1.82, 2.24) is 9.14 Å². The summed E-state index contributed by atoms with van der Waals surface area (Å²) in [6.45, 7) is 1.74. The average molecular weight is 458 g/mol. The van der Waals surface area contributed by atoms with Gasteiger partial charge in [0, 0.05) is 12.6 Å². The zero-order chi connectivity index (χ0) is 22.7. The molecule has 0 aliphatic heterocycles. The van der Waals surface area contributed by atoms with Gasteiger partial charge in [0.15, 0.2) is 9.93 Å². The van der Waals surface area contributed by atoms with Crippen LogP contribution < -0.4 is 4.72 Å². The normalized spacial score (nSPS) is 11.8. The molecule has 0 aromatic heterocycles. The molecule has 12 nitrogen and oxygen atoms in total. The maximum Gasteiger partial charge on any atom is 0.320 e. The minimum Gasteiger partial charge on any atom is -0.258 e. The number of nitro benzene ring substituents is 1. The maximum atomic E-state index is 12.7. The first-order chi connectivity index (χ1) is 13.9. The number of benzene rings is 2. The van der Waals surface area contributed by atoms with Crippen molar-refractivity contribution in [2.45, 2.75) is 23.6 Å². The first-order valence-corrected chi connectivity index (χ1v) is 11.3. The van der Waals surface area contributed by atoms with Gasteiger partial charge in [-0.25, -0.2) is 23.3 Å². The summed E-state index contributed by atoms with van der Waals surface area (Å²) in [7, 11) is -8.96. The number of aryl methyl sites for hydroxylation is 2. The Labute approximate surface area is 172 Å². The molecule has 0 bridgehead atoms. The Hall–Kier alpha value is -3.10. The number of hydrogen-bond acceptors (Lipinski definition) is 8. The maximum absolute atomic E-state index is 12.7. The second-order valence-electron chi connectivity index (χ2n) is 6.23. The summed E-state index contributed by atoms with van der Waals surface area (Å²) in [5.74, 6) is 0. The zero-order valence-corrected chi connectivity index (χ0v) is 17.5. The predicted molar refractivity (Wildman–Crippen MR) is 105 cm³/mol. The molecule has 162 valence electrons. The fourth-order valence-corrected chi connectivity index (χ4v) is 4.86. The molecule has 1 N–H and O–H groups in total. The van der Waals surface area contributed by atoms with Gasteiger partial charge in [-0.2, -0.15) is 8.42 Å². The van der Waals surface area contributed by atoms with E-state index in [0.29, 0.717) is 5.56 Å². The van der Waals surface area contributed by atoms with Crippen LogP contribution in [0.25, 0.3) is 0 Å². The van der Waals surface area contributed by atoms with Crippen molar-refractivity contribution in [2.75, 3.05) is 13.1 Å². The standard InChI is InChI=1S/C16H18N4O8S2/c1-12-3-6-14(7-4-12)29(25,26)17-9-10-18(20(23)24)30(27,28)16-8-5-13(2)11-15(16)19(21)22/h3-8,11,17H,9-10H2,1-2H3. The van der Waals surface area contributed by atoms with E-state index in [1.165, 1.54) is 25.1 Å². The number of rotatable bonds is 9. The largest absolute Gasteiger partial charge is 0.320 e. The first kappa shape index (κ1) is 23.2. The highest BCUT2D eigenvalue weighted by Crippen LogP contribution is 2.27. The van der Waals surface area contributed by atoms with Gasteiger partial charge in [0.2, 0.25) is 10.0 Å². The van der Waals surface area contributed by atoms with Gasteiger partial charge in [0.05, 0.1) is 9.82 Å². The van der Waals surface area contributed by atoms with Gasteiger partial charge in [0.25, 0.3) is 5.69 Å². The highest BCUT2D eigenvalue weighted by Gasteiger charge is 2.38. The second-order valence-corrected chi connectivity index (χ2v) is 9.81. The van der Waals surface area contributed by atoms with E-state index < -0.39 is 53.7 Å². The SMILES string of the molecule is Cc1ccc(S(=O)(=O)NCCN([N+](=O)[O-])S(=O)(=O)c2ccc(C)cc2[N+](=O)[O-])cc1. The molecular formula is C16H18N4O8S2. The molecule has 2 aromatic carbocycles. The van der Waals surface area contributed by atoms with Gasteiger partial charge in [-0.3, -0.25) is 10.1 Å². The van der Waals surface area contributed by atoms with Crippen LogP contribution >= 0.6 is 0 Å². The topological polar surface area (TPSA) is 170 Å². The zero-order valence-electron chi connectivity index (χ0n) is 15.9. The minimum absolute atomic E-state index is 0.0993. The summed E-state index contributed by atoms with van der Waals surface area (Å²) in [4.78, 5) is 20.6. The monoisotopic (exact) mass is 458 g/mol. The van der Waals surface area contributed by atoms with E-state index in [2.05, 4.69) is 4.72 Å². The lowest BCUT2D eigenvalue weighted by atomic mass is 10.2. The van der Waals surface area contributed by atoms with E-state index in [1.54, 1.807) is 19.1 Å². The number of hydrazine groups is 1. The van der Waals surface area contributed by atoms with Crippen molar-refractivity contribution in [3.63, 3.8) is 0 Å². The van der Waals surface area contributed by atoms with Gasteiger partial charge in [0.1, 0.15) is 6.54 Å². The van der Waals surface area contributed by atoms with Gasteiger partial charge >= 0.3 is 10.0 Å². The Morgan fingerprint density at radius 3 is 2.03 bits per heavy atom. The van der Waals surface area contributed by atoms with Crippen molar-refractivity contribution < 1.29 is 26.8 Å². The molecule has 0 aliphatic rings. The van der Waals surface area contributed by atoms with Crippen LogP contribution in [0.2, 0.25) is 0 Å². The Bertz CT molecular complexity index is 1180. The molecule has 0 atom stereocenters. The fourth-order valence-electron chi connectivity index (χ4n) is 2.47. The van der Waals surface area contributed by atoms with Crippen molar-refractivity contribution in [2.24, 2.45) is 0 Å². The molecule has 0 heterocycles. The molecule has 0 unspecified atom stereocenters. The Morgan fingerprint density at radius 1 is 0.933 bits per heavy atom. The lowest BCUT2D eigenvalue weighted by molar-refractivity contribution is -0.619. The molecule has 0 saturated carbocycles. The summed E-state index contributed by atoms with van der Waals surface area (Å²) in [5.41, 5.74) is 0.389. The summed E-state index contributed by atoms with van der Waals surface area (Å²) in [6.07, 6.45) is 0. The summed E-state index contributed by atoms with van der Waals surface area (Å²) < 4.78 is 51.7. The average Bonchev–Trinajstić information content (AvgIpc) is 2.64. The van der Waals surface area contributed by atoms with Crippen LogP contribution in [0.1, 0.15) is 11.1 Å². The molecule has 0 aliphatic carbocycles. The van der Waals surface area contributed by atoms with E-state index >= 15 is 0 Å². The molecule has 0 fully saturated rings. The fraction of sp³-hybridized carbons (Fsp3) is 0.250. The van der Waals surface area contributed by atoms with Crippen molar-refractivity contribution >= 4 is 25.7 Å². The number of nitrogens with one attached hydrogen (secondary N) is 1. The van der Waals surface area contributed by atoms with Crippen LogP contribution in [0.15, 0.2) is 52.3 Å². The number of hydrogen-bond donors (Lipinski definition) is 1. The smallest absolute Gasteiger partial charge is 0.258 e. The lowest BCUT2D eigenvalue weighted by Crippen LogP contribution is -2.42. The van der Waals surface area contributed by atoms with E-state index in [4.69, 9.17) is 0 Å². The third-order valence-corrected chi connectivity index (χ3v) is 7.22. The number of sulfonamides is 2. The molecule has 0 radical (unpaired) electrons. The van der Waals surface area contributed by atoms with Gasteiger partial charge in [-0.05, 0) is 42.0 Å². The Morgan fingerprint density at radius 2 is 1.50 bits per heavy atom. The molecule has 2 aromatic rings. The Balaban J connectivity index is 2.27. The third kappa shape index (κ3) is 5.08. The molecule has 0 spiro atoms. The van der Waals surface area contributed by atoms with Crippen LogP contribution in [-0.2, 0) is 20.0 Å². The summed E-state index contributed by atoms with van der Waals surface area (Å²) in [6, 6.07) is 8.90. The van der Waals surface area contributed by atoms with Gasteiger partial charge in [-0.15, -0.1) is 0 Å². The first-order valence-electron chi connectivity index (χ1n) is 8.34. The van der Waals surface area contributed by atoms with E-state index in [9.17, 15) is 37.1 Å². The van der Waals surface area contributed by atoms with Crippen molar-refractivity contribution in [3.05, 3.63) is 73.8 Å². The van der Waals surface area contributed by atoms with Gasteiger partial charge < -0.3 is 0 Å². The van der Waals surface area contributed by atoms with Crippen LogP contribution in [0.4, 0.5) is 5.69 Å². The molecule has 0 saturated heterocycles. The predicted octanol–water partition coefficient (Wildman–Crippen LogP) is 1.37. The molecular weight excluding hydrogens is 440 g/mol. The Kier molecular flexibility index (Phi) is 6.74.